The Bertz CT molecular complexity index is 868. The molecule has 0 spiro atoms. The lowest BCUT2D eigenvalue weighted by Gasteiger charge is -2.08. The molecule has 1 aromatic carbocycles. The molecular formula is C17H14F3N3OS. The standard InChI is InChI=1S/C17H14F3N3OS/c1-11-14(25-16(22-11)23-8-2-3-9-23)15(24)21-10-12-4-6-13(7-5-12)17(18,19)20/h2-9H,10H2,1H3,(H,21,24). The number of aryl methyl sites for hydroxylation is 1. The first kappa shape index (κ1) is 17.2. The van der Waals surface area contributed by atoms with Gasteiger partial charge in [0.2, 0.25) is 0 Å². The maximum atomic E-state index is 12.5. The van der Waals surface area contributed by atoms with E-state index < -0.39 is 11.7 Å². The highest BCUT2D eigenvalue weighted by Gasteiger charge is 2.29. The monoisotopic (exact) mass is 365 g/mol. The number of benzene rings is 1. The lowest BCUT2D eigenvalue weighted by atomic mass is 10.1. The molecule has 0 saturated heterocycles. The van der Waals surface area contributed by atoms with E-state index in [0.29, 0.717) is 21.3 Å². The van der Waals surface area contributed by atoms with Crippen LogP contribution in [0.2, 0.25) is 0 Å². The number of carbonyl (C=O) groups excluding carboxylic acids is 1. The molecule has 0 aliphatic heterocycles. The number of hydrogen-bond acceptors (Lipinski definition) is 3. The second-order valence-electron chi connectivity index (χ2n) is 5.38. The van der Waals surface area contributed by atoms with Crippen molar-refractivity contribution in [3.63, 3.8) is 0 Å². The van der Waals surface area contributed by atoms with Crippen molar-refractivity contribution in [2.45, 2.75) is 19.6 Å². The Hall–Kier alpha value is -2.61. The van der Waals surface area contributed by atoms with E-state index in [1.165, 1.54) is 23.5 Å². The number of amides is 1. The van der Waals surface area contributed by atoms with Crippen LogP contribution in [-0.4, -0.2) is 15.5 Å². The third kappa shape index (κ3) is 3.90. The third-order valence-electron chi connectivity index (χ3n) is 3.55. The van der Waals surface area contributed by atoms with E-state index in [4.69, 9.17) is 0 Å². The summed E-state index contributed by atoms with van der Waals surface area (Å²) in [5.74, 6) is -0.298. The minimum absolute atomic E-state index is 0.146. The smallest absolute Gasteiger partial charge is 0.347 e. The summed E-state index contributed by atoms with van der Waals surface area (Å²) >= 11 is 1.26. The molecule has 0 atom stereocenters. The number of hydrogen-bond donors (Lipinski definition) is 1. The fourth-order valence-corrected chi connectivity index (χ4v) is 3.19. The van der Waals surface area contributed by atoms with Crippen LogP contribution in [-0.2, 0) is 12.7 Å². The number of carbonyl (C=O) groups is 1. The quantitative estimate of drug-likeness (QED) is 0.754. The van der Waals surface area contributed by atoms with Crippen molar-refractivity contribution < 1.29 is 18.0 Å². The highest BCUT2D eigenvalue weighted by Crippen LogP contribution is 2.29. The molecule has 0 radical (unpaired) electrons. The Balaban J connectivity index is 1.67. The molecule has 0 bridgehead atoms. The molecule has 1 amide bonds. The normalized spacial score (nSPS) is 11.5. The Morgan fingerprint density at radius 1 is 1.20 bits per heavy atom. The molecule has 0 aliphatic rings. The van der Waals surface area contributed by atoms with Crippen molar-refractivity contribution in [3.05, 3.63) is 70.5 Å². The zero-order chi connectivity index (χ0) is 18.0. The molecule has 0 aliphatic carbocycles. The SMILES string of the molecule is Cc1nc(-n2cccc2)sc1C(=O)NCc1ccc(C(F)(F)F)cc1. The number of aromatic nitrogens is 2. The third-order valence-corrected chi connectivity index (χ3v) is 4.72. The Morgan fingerprint density at radius 2 is 1.84 bits per heavy atom. The maximum Gasteiger partial charge on any atom is 0.416 e. The van der Waals surface area contributed by atoms with Gasteiger partial charge in [0.25, 0.3) is 5.91 Å². The summed E-state index contributed by atoms with van der Waals surface area (Å²) in [6, 6.07) is 8.44. The fraction of sp³-hybridized carbons (Fsp3) is 0.176. The minimum atomic E-state index is -4.36. The van der Waals surface area contributed by atoms with Crippen LogP contribution in [0.3, 0.4) is 0 Å². The lowest BCUT2D eigenvalue weighted by molar-refractivity contribution is -0.137. The maximum absolute atomic E-state index is 12.5. The van der Waals surface area contributed by atoms with Gasteiger partial charge in [-0.15, -0.1) is 0 Å². The summed E-state index contributed by atoms with van der Waals surface area (Å²) in [6.45, 7) is 1.89. The van der Waals surface area contributed by atoms with Crippen LogP contribution in [0.1, 0.15) is 26.5 Å². The topological polar surface area (TPSA) is 46.9 Å². The van der Waals surface area contributed by atoms with Gasteiger partial charge in [0.05, 0.1) is 11.3 Å². The number of halogens is 3. The van der Waals surface area contributed by atoms with Gasteiger partial charge in [0.1, 0.15) is 4.88 Å². The Morgan fingerprint density at radius 3 is 2.44 bits per heavy atom. The van der Waals surface area contributed by atoms with Gasteiger partial charge in [-0.2, -0.15) is 13.2 Å². The lowest BCUT2D eigenvalue weighted by Crippen LogP contribution is -2.22. The van der Waals surface area contributed by atoms with Gasteiger partial charge in [0, 0.05) is 18.9 Å². The first-order valence-electron chi connectivity index (χ1n) is 7.40. The second-order valence-corrected chi connectivity index (χ2v) is 6.36. The second kappa shape index (κ2) is 6.72. The predicted octanol–water partition coefficient (Wildman–Crippen LogP) is 4.19. The van der Waals surface area contributed by atoms with Gasteiger partial charge in [-0.3, -0.25) is 4.79 Å². The average Bonchev–Trinajstić information content (AvgIpc) is 3.21. The molecule has 3 aromatic rings. The first-order chi connectivity index (χ1) is 11.8. The van der Waals surface area contributed by atoms with Crippen LogP contribution in [0.15, 0.2) is 48.8 Å². The molecule has 1 N–H and O–H groups in total. The van der Waals surface area contributed by atoms with Gasteiger partial charge in [-0.05, 0) is 36.8 Å². The van der Waals surface area contributed by atoms with Gasteiger partial charge in [-0.25, -0.2) is 4.98 Å². The van der Waals surface area contributed by atoms with Gasteiger partial charge < -0.3 is 9.88 Å². The van der Waals surface area contributed by atoms with Crippen LogP contribution in [0.4, 0.5) is 13.2 Å². The minimum Gasteiger partial charge on any atom is -0.347 e. The Kier molecular flexibility index (Phi) is 4.63. The highest BCUT2D eigenvalue weighted by molar-refractivity contribution is 7.16. The van der Waals surface area contributed by atoms with Crippen LogP contribution in [0.5, 0.6) is 0 Å². The molecular weight excluding hydrogens is 351 g/mol. The molecule has 2 heterocycles. The Labute approximate surface area is 145 Å². The predicted molar refractivity (Wildman–Crippen MR) is 88.8 cm³/mol. The van der Waals surface area contributed by atoms with Gasteiger partial charge in [-0.1, -0.05) is 23.5 Å². The molecule has 0 unspecified atom stereocenters. The van der Waals surface area contributed by atoms with E-state index in [9.17, 15) is 18.0 Å². The number of nitrogens with one attached hydrogen (secondary N) is 1. The van der Waals surface area contributed by atoms with Crippen molar-refractivity contribution in [1.29, 1.82) is 0 Å². The largest absolute Gasteiger partial charge is 0.416 e. The summed E-state index contributed by atoms with van der Waals surface area (Å²) in [6.07, 6.45) is -0.694. The molecule has 25 heavy (non-hydrogen) atoms. The average molecular weight is 365 g/mol. The fourth-order valence-electron chi connectivity index (χ4n) is 2.24. The van der Waals surface area contributed by atoms with Crippen LogP contribution >= 0.6 is 11.3 Å². The van der Waals surface area contributed by atoms with Gasteiger partial charge in [0.15, 0.2) is 5.13 Å². The summed E-state index contributed by atoms with van der Waals surface area (Å²) in [5.41, 5.74) is 0.491. The molecule has 0 fully saturated rings. The first-order valence-corrected chi connectivity index (χ1v) is 8.21. The molecule has 3 rings (SSSR count). The van der Waals surface area contributed by atoms with Crippen molar-refractivity contribution in [3.8, 4) is 5.13 Å². The molecule has 130 valence electrons. The number of nitrogens with zero attached hydrogens (tertiary/aromatic N) is 2. The van der Waals surface area contributed by atoms with E-state index in [0.717, 1.165) is 12.1 Å². The zero-order valence-electron chi connectivity index (χ0n) is 13.2. The summed E-state index contributed by atoms with van der Waals surface area (Å²) < 4.78 is 39.4. The number of thiazole rings is 1. The molecule has 4 nitrogen and oxygen atoms in total. The molecule has 8 heteroatoms. The highest BCUT2D eigenvalue weighted by atomic mass is 32.1. The molecule has 0 saturated carbocycles. The van der Waals surface area contributed by atoms with E-state index in [-0.39, 0.29) is 12.5 Å². The summed E-state index contributed by atoms with van der Waals surface area (Å²) in [4.78, 5) is 17.2. The number of alkyl halides is 3. The van der Waals surface area contributed by atoms with Crippen LogP contribution < -0.4 is 5.32 Å². The van der Waals surface area contributed by atoms with Crippen molar-refractivity contribution >= 4 is 17.2 Å². The van der Waals surface area contributed by atoms with E-state index in [2.05, 4.69) is 10.3 Å². The van der Waals surface area contributed by atoms with E-state index in [1.807, 2.05) is 29.1 Å². The van der Waals surface area contributed by atoms with Crippen LogP contribution in [0, 0.1) is 6.92 Å². The summed E-state index contributed by atoms with van der Waals surface area (Å²) in [5, 5.41) is 3.40. The van der Waals surface area contributed by atoms with Crippen molar-refractivity contribution in [2.24, 2.45) is 0 Å². The van der Waals surface area contributed by atoms with Gasteiger partial charge >= 0.3 is 6.18 Å². The van der Waals surface area contributed by atoms with Crippen LogP contribution in [0.25, 0.3) is 5.13 Å². The zero-order valence-corrected chi connectivity index (χ0v) is 14.0. The molecule has 2 aromatic heterocycles. The summed E-state index contributed by atoms with van der Waals surface area (Å²) in [7, 11) is 0. The van der Waals surface area contributed by atoms with Crippen molar-refractivity contribution in [2.75, 3.05) is 0 Å². The number of rotatable bonds is 4. The van der Waals surface area contributed by atoms with E-state index in [1.54, 1.807) is 6.92 Å². The van der Waals surface area contributed by atoms with Crippen molar-refractivity contribution in [1.82, 2.24) is 14.9 Å². The van der Waals surface area contributed by atoms with E-state index >= 15 is 0 Å².